The second-order valence-electron chi connectivity index (χ2n) is 8.15. The largest absolute Gasteiger partial charge is 0.493 e. The molecule has 5 rings (SSSR count). The van der Waals surface area contributed by atoms with Crippen molar-refractivity contribution in [3.05, 3.63) is 93.2 Å². The van der Waals surface area contributed by atoms with Gasteiger partial charge in [0.25, 0.3) is 6.17 Å². The van der Waals surface area contributed by atoms with E-state index in [1.54, 1.807) is 22.9 Å². The van der Waals surface area contributed by atoms with Gasteiger partial charge < -0.3 is 19.9 Å². The van der Waals surface area contributed by atoms with E-state index in [1.165, 1.54) is 18.9 Å². The van der Waals surface area contributed by atoms with Gasteiger partial charge in [-0.05, 0) is 52.7 Å². The number of carboxylic acid groups (broad SMARTS) is 1. The zero-order valence-corrected chi connectivity index (χ0v) is 21.2. The molecule has 1 atom stereocenters. The molecule has 37 heavy (non-hydrogen) atoms. The van der Waals surface area contributed by atoms with E-state index >= 15 is 0 Å². The number of aromatic nitrogens is 3. The third-order valence-corrected chi connectivity index (χ3v) is 6.91. The number of anilines is 1. The summed E-state index contributed by atoms with van der Waals surface area (Å²) in [7, 11) is 1.48. The van der Waals surface area contributed by atoms with Gasteiger partial charge in [-0.3, -0.25) is 9.78 Å². The van der Waals surface area contributed by atoms with Crippen LogP contribution in [0.25, 0.3) is 11.3 Å². The lowest BCUT2D eigenvalue weighted by Gasteiger charge is -2.23. The van der Waals surface area contributed by atoms with Crippen LogP contribution < -0.4 is 25.0 Å². The highest BCUT2D eigenvalue weighted by atomic mass is 35.5. The van der Waals surface area contributed by atoms with Crippen LogP contribution in [0.15, 0.2) is 76.7 Å². The zero-order valence-electron chi connectivity index (χ0n) is 19.6. The van der Waals surface area contributed by atoms with Crippen LogP contribution >= 0.6 is 23.4 Å². The second-order valence-corrected chi connectivity index (χ2v) is 9.55. The minimum absolute atomic E-state index is 0.263. The van der Waals surface area contributed by atoms with Crippen LogP contribution in [0.2, 0.25) is 5.02 Å². The van der Waals surface area contributed by atoms with E-state index in [2.05, 4.69) is 10.3 Å². The van der Waals surface area contributed by atoms with Crippen molar-refractivity contribution in [2.45, 2.75) is 17.1 Å². The van der Waals surface area contributed by atoms with Crippen molar-refractivity contribution >= 4 is 35.0 Å². The molecule has 1 aromatic heterocycles. The van der Waals surface area contributed by atoms with Crippen molar-refractivity contribution in [3.63, 3.8) is 0 Å². The van der Waals surface area contributed by atoms with Gasteiger partial charge in [-0.2, -0.15) is 0 Å². The number of para-hydroxylation sites is 1. The van der Waals surface area contributed by atoms with Crippen LogP contribution in [0.1, 0.15) is 17.3 Å². The Bertz CT molecular complexity index is 1530. The first kappa shape index (κ1) is 24.7. The zero-order chi connectivity index (χ0) is 25.9. The lowest BCUT2D eigenvalue weighted by Crippen LogP contribution is -2.55. The third-order valence-electron chi connectivity index (χ3n) is 5.73. The number of aromatic amines is 1. The average molecular weight is 538 g/mol. The van der Waals surface area contributed by atoms with E-state index in [-0.39, 0.29) is 5.56 Å². The number of ether oxygens (including phenoxy) is 2. The Morgan fingerprint density at radius 3 is 2.68 bits per heavy atom. The Labute approximate surface area is 221 Å². The number of carboxylic acids is 1. The highest BCUT2D eigenvalue weighted by Crippen LogP contribution is 2.35. The van der Waals surface area contributed by atoms with Gasteiger partial charge in [0, 0.05) is 21.4 Å². The molecule has 0 aliphatic carbocycles. The van der Waals surface area contributed by atoms with Crippen molar-refractivity contribution in [1.82, 2.24) is 10.1 Å². The maximum atomic E-state index is 13.3. The maximum absolute atomic E-state index is 13.3. The molecule has 1 aliphatic heterocycles. The standard InChI is InChI=1S/C26H21ClN4O5S/c1-35-21-12-16(8-11-20(21)36-13-22(32)33)24-28-19-5-3-2-4-18(19)23-25(34)29-26(30-31(23)24)37-14-15-6-9-17(27)10-7-15/h2-12,24H,13-14H2,1H3,(H2,29,30,32,33,34)/p+1/t24-/m1/s1. The number of fused-ring (bicyclic) bond motifs is 3. The molecule has 2 heterocycles. The first-order valence-corrected chi connectivity index (χ1v) is 12.6. The summed E-state index contributed by atoms with van der Waals surface area (Å²) < 4.78 is 12.5. The number of nitrogens with one attached hydrogen (secondary N) is 2. The molecule has 0 spiro atoms. The van der Waals surface area contributed by atoms with Gasteiger partial charge in [-0.1, -0.05) is 47.6 Å². The van der Waals surface area contributed by atoms with Gasteiger partial charge in [0.15, 0.2) is 18.1 Å². The fourth-order valence-corrected chi connectivity index (χ4v) is 4.96. The quantitative estimate of drug-likeness (QED) is 0.227. The molecule has 188 valence electrons. The number of rotatable bonds is 8. The molecule has 0 radical (unpaired) electrons. The number of aliphatic carboxylic acids is 1. The molecule has 9 nitrogen and oxygen atoms in total. The summed E-state index contributed by atoms with van der Waals surface area (Å²) in [4.78, 5) is 27.2. The second kappa shape index (κ2) is 10.5. The summed E-state index contributed by atoms with van der Waals surface area (Å²) in [5.41, 5.74) is 3.46. The molecule has 0 saturated heterocycles. The molecular weight excluding hydrogens is 516 g/mol. The molecule has 0 amide bonds. The number of hydrogen-bond acceptors (Lipinski definition) is 7. The first-order valence-electron chi connectivity index (χ1n) is 11.2. The Morgan fingerprint density at radius 2 is 1.92 bits per heavy atom. The third kappa shape index (κ3) is 5.25. The van der Waals surface area contributed by atoms with Gasteiger partial charge in [-0.15, -0.1) is 0 Å². The van der Waals surface area contributed by atoms with Crippen molar-refractivity contribution < 1.29 is 24.1 Å². The average Bonchev–Trinajstić information content (AvgIpc) is 2.90. The molecule has 3 N–H and O–H groups in total. The number of thioether (sulfide) groups is 1. The number of nitrogens with zero attached hydrogens (tertiary/aromatic N) is 2. The normalized spacial score (nSPS) is 13.7. The first-order chi connectivity index (χ1) is 17.9. The van der Waals surface area contributed by atoms with E-state index in [9.17, 15) is 9.59 Å². The number of hydrogen-bond donors (Lipinski definition) is 3. The number of H-pyrrole nitrogens is 1. The smallest absolute Gasteiger partial charge is 0.341 e. The predicted molar refractivity (Wildman–Crippen MR) is 139 cm³/mol. The topological polar surface area (TPSA) is 117 Å². The summed E-state index contributed by atoms with van der Waals surface area (Å²) in [6.45, 7) is -0.493. The van der Waals surface area contributed by atoms with E-state index < -0.39 is 18.7 Å². The molecule has 11 heteroatoms. The summed E-state index contributed by atoms with van der Waals surface area (Å²) in [5.74, 6) is 0.169. The van der Waals surface area contributed by atoms with Crippen molar-refractivity contribution in [2.75, 3.05) is 19.0 Å². The van der Waals surface area contributed by atoms with Gasteiger partial charge >= 0.3 is 17.2 Å². The van der Waals surface area contributed by atoms with Crippen molar-refractivity contribution in [2.24, 2.45) is 0 Å². The molecule has 0 saturated carbocycles. The SMILES string of the molecule is COc1cc([C@@H]2Nc3ccccc3-c3c(=O)[nH]c(SCc4ccc(Cl)cc4)n[n+]32)ccc1OCC(=O)O. The van der Waals surface area contributed by atoms with Crippen LogP contribution in [0, 0.1) is 0 Å². The molecule has 0 bridgehead atoms. The Balaban J connectivity index is 1.54. The van der Waals surface area contributed by atoms with Crippen LogP contribution in [-0.4, -0.2) is 34.9 Å². The highest BCUT2D eigenvalue weighted by molar-refractivity contribution is 7.98. The highest BCUT2D eigenvalue weighted by Gasteiger charge is 2.38. The van der Waals surface area contributed by atoms with Crippen molar-refractivity contribution in [1.29, 1.82) is 0 Å². The summed E-state index contributed by atoms with van der Waals surface area (Å²) in [5, 5.41) is 18.3. The number of halogens is 1. The molecule has 0 fully saturated rings. The lowest BCUT2D eigenvalue weighted by molar-refractivity contribution is -0.759. The predicted octanol–water partition coefficient (Wildman–Crippen LogP) is 4.11. The van der Waals surface area contributed by atoms with Crippen LogP contribution in [0.3, 0.4) is 0 Å². The summed E-state index contributed by atoms with van der Waals surface area (Å²) in [6.07, 6.45) is -0.537. The monoisotopic (exact) mass is 537 g/mol. The lowest BCUT2D eigenvalue weighted by atomic mass is 10.0. The van der Waals surface area contributed by atoms with Crippen LogP contribution in [0.5, 0.6) is 11.5 Å². The van der Waals surface area contributed by atoms with E-state index in [0.29, 0.717) is 33.1 Å². The maximum Gasteiger partial charge on any atom is 0.341 e. The Morgan fingerprint density at radius 1 is 1.14 bits per heavy atom. The van der Waals surface area contributed by atoms with Crippen molar-refractivity contribution in [3.8, 4) is 22.8 Å². The summed E-state index contributed by atoms with van der Waals surface area (Å²) in [6, 6.07) is 20.2. The van der Waals surface area contributed by atoms with Gasteiger partial charge in [0.05, 0.1) is 18.4 Å². The Kier molecular flexibility index (Phi) is 7.02. The van der Waals surface area contributed by atoms with Gasteiger partial charge in [0.1, 0.15) is 0 Å². The molecule has 4 aromatic rings. The van der Waals surface area contributed by atoms with E-state index in [0.717, 1.165) is 22.4 Å². The molecular formula is C26H22ClN4O5S+. The number of benzene rings is 3. The summed E-state index contributed by atoms with van der Waals surface area (Å²) >= 11 is 7.39. The fraction of sp³-hybridized carbons (Fsp3) is 0.154. The van der Waals surface area contributed by atoms with Gasteiger partial charge in [-0.25, -0.2) is 4.79 Å². The molecule has 1 aliphatic rings. The van der Waals surface area contributed by atoms with Crippen LogP contribution in [-0.2, 0) is 10.5 Å². The Hall–Kier alpha value is -4.02. The van der Waals surface area contributed by atoms with Crippen LogP contribution in [0.4, 0.5) is 5.69 Å². The molecule has 3 aromatic carbocycles. The van der Waals surface area contributed by atoms with E-state index in [4.69, 9.17) is 31.3 Å². The molecule has 0 unspecified atom stereocenters. The minimum Gasteiger partial charge on any atom is -0.493 e. The minimum atomic E-state index is -1.09. The fourth-order valence-electron chi connectivity index (χ4n) is 4.02. The van der Waals surface area contributed by atoms with E-state index in [1.807, 2.05) is 48.5 Å². The number of methoxy groups -OCH3 is 1. The number of carbonyl (C=O) groups is 1. The van der Waals surface area contributed by atoms with Gasteiger partial charge in [0.2, 0.25) is 5.16 Å².